The lowest BCUT2D eigenvalue weighted by Crippen LogP contribution is -1.96. The van der Waals surface area contributed by atoms with Crippen molar-refractivity contribution in [3.8, 4) is 12.1 Å². The van der Waals surface area contributed by atoms with Crippen LogP contribution in [0.3, 0.4) is 0 Å². The Hall–Kier alpha value is -1.13. The Kier molecular flexibility index (Phi) is 9.93. The number of azo groups is 1. The van der Waals surface area contributed by atoms with Crippen molar-refractivity contribution in [2.75, 3.05) is 13.1 Å². The molecule has 0 saturated carbocycles. The van der Waals surface area contributed by atoms with Gasteiger partial charge in [-0.25, -0.2) is 0 Å². The maximum absolute atomic E-state index is 8.39. The lowest BCUT2D eigenvalue weighted by molar-refractivity contribution is 0.667. The normalized spacial score (nSPS) is 13.8. The maximum Gasteiger partial charge on any atom is 0.0754 e. The standard InChI is InChI=1S/C8H12N4.ClH/c1-7(3-9)5-11-12-6-8(2)4-10;/h7-8H,5-6H2,1-2H3;1H. The van der Waals surface area contributed by atoms with Gasteiger partial charge in [0, 0.05) is 0 Å². The molecule has 0 aliphatic heterocycles. The van der Waals surface area contributed by atoms with E-state index in [2.05, 4.69) is 10.2 Å². The van der Waals surface area contributed by atoms with Crippen LogP contribution in [0.25, 0.3) is 0 Å². The molecule has 13 heavy (non-hydrogen) atoms. The molecule has 2 unspecified atom stereocenters. The SMILES string of the molecule is CC(C#N)CN=NCC(C)C#N.Cl. The van der Waals surface area contributed by atoms with Crippen LogP contribution in [0.4, 0.5) is 0 Å². The molecule has 2 atom stereocenters. The molecular weight excluding hydrogens is 188 g/mol. The Morgan fingerprint density at radius 2 is 1.31 bits per heavy atom. The van der Waals surface area contributed by atoms with Crippen LogP contribution in [0.5, 0.6) is 0 Å². The van der Waals surface area contributed by atoms with E-state index in [0.717, 1.165) is 0 Å². The molecule has 0 bridgehead atoms. The minimum atomic E-state index is -0.0915. The summed E-state index contributed by atoms with van der Waals surface area (Å²) in [6, 6.07) is 4.10. The van der Waals surface area contributed by atoms with Gasteiger partial charge in [0.15, 0.2) is 0 Å². The zero-order chi connectivity index (χ0) is 9.40. The van der Waals surface area contributed by atoms with Crippen LogP contribution in [0, 0.1) is 34.5 Å². The smallest absolute Gasteiger partial charge is 0.0754 e. The summed E-state index contributed by atoms with van der Waals surface area (Å²) in [5, 5.41) is 24.3. The number of hydrogen-bond donors (Lipinski definition) is 0. The van der Waals surface area contributed by atoms with E-state index >= 15 is 0 Å². The highest BCUT2D eigenvalue weighted by atomic mass is 35.5. The minimum Gasteiger partial charge on any atom is -0.198 e. The summed E-state index contributed by atoms with van der Waals surface area (Å²) in [4.78, 5) is 0. The first-order valence-corrected chi connectivity index (χ1v) is 3.83. The summed E-state index contributed by atoms with van der Waals surface area (Å²) in [6.07, 6.45) is 0. The molecule has 0 heterocycles. The van der Waals surface area contributed by atoms with E-state index in [1.165, 1.54) is 0 Å². The predicted octanol–water partition coefficient (Wildman–Crippen LogP) is 2.18. The molecule has 0 rings (SSSR count). The second-order valence-corrected chi connectivity index (χ2v) is 2.71. The average molecular weight is 201 g/mol. The molecule has 5 heteroatoms. The van der Waals surface area contributed by atoms with Gasteiger partial charge in [-0.3, -0.25) is 0 Å². The molecule has 0 saturated heterocycles. The summed E-state index contributed by atoms with van der Waals surface area (Å²) < 4.78 is 0. The van der Waals surface area contributed by atoms with Crippen molar-refractivity contribution < 1.29 is 0 Å². The van der Waals surface area contributed by atoms with Crippen LogP contribution in [0.15, 0.2) is 10.2 Å². The van der Waals surface area contributed by atoms with Gasteiger partial charge in [0.1, 0.15) is 0 Å². The fourth-order valence-corrected chi connectivity index (χ4v) is 0.442. The van der Waals surface area contributed by atoms with Gasteiger partial charge in [0.05, 0.1) is 37.1 Å². The highest BCUT2D eigenvalue weighted by Crippen LogP contribution is 1.96. The van der Waals surface area contributed by atoms with Crippen molar-refractivity contribution in [1.29, 1.82) is 10.5 Å². The summed E-state index contributed by atoms with van der Waals surface area (Å²) in [7, 11) is 0. The lowest BCUT2D eigenvalue weighted by atomic mass is 10.2. The molecule has 0 aliphatic carbocycles. The van der Waals surface area contributed by atoms with Crippen LogP contribution in [0.1, 0.15) is 13.8 Å². The van der Waals surface area contributed by atoms with Gasteiger partial charge in [0.2, 0.25) is 0 Å². The van der Waals surface area contributed by atoms with Gasteiger partial charge in [-0.1, -0.05) is 0 Å². The maximum atomic E-state index is 8.39. The fraction of sp³-hybridized carbons (Fsp3) is 0.750. The number of hydrogen-bond acceptors (Lipinski definition) is 4. The average Bonchev–Trinajstić information content (AvgIpc) is 2.11. The van der Waals surface area contributed by atoms with Crippen molar-refractivity contribution >= 4 is 12.4 Å². The Morgan fingerprint density at radius 3 is 1.54 bits per heavy atom. The van der Waals surface area contributed by atoms with Crippen molar-refractivity contribution in [3.63, 3.8) is 0 Å². The van der Waals surface area contributed by atoms with Crippen molar-refractivity contribution in [2.24, 2.45) is 22.1 Å². The summed E-state index contributed by atoms with van der Waals surface area (Å²) in [5.74, 6) is -0.183. The second kappa shape index (κ2) is 8.96. The Morgan fingerprint density at radius 1 is 1.00 bits per heavy atom. The van der Waals surface area contributed by atoms with Crippen molar-refractivity contribution in [1.82, 2.24) is 0 Å². The van der Waals surface area contributed by atoms with Gasteiger partial charge >= 0.3 is 0 Å². The molecule has 0 aromatic carbocycles. The van der Waals surface area contributed by atoms with E-state index in [0.29, 0.717) is 13.1 Å². The number of halogens is 1. The quantitative estimate of drug-likeness (QED) is 0.653. The Balaban J connectivity index is 0. The molecule has 0 N–H and O–H groups in total. The van der Waals surface area contributed by atoms with Crippen LogP contribution >= 0.6 is 12.4 Å². The topological polar surface area (TPSA) is 72.3 Å². The number of nitrogens with zero attached hydrogens (tertiary/aromatic N) is 4. The van der Waals surface area contributed by atoms with E-state index in [4.69, 9.17) is 10.5 Å². The van der Waals surface area contributed by atoms with Crippen LogP contribution in [-0.2, 0) is 0 Å². The predicted molar refractivity (Wildman–Crippen MR) is 51.4 cm³/mol. The zero-order valence-electron chi connectivity index (χ0n) is 7.77. The van der Waals surface area contributed by atoms with Crippen LogP contribution in [0.2, 0.25) is 0 Å². The molecule has 0 aliphatic rings. The first kappa shape index (κ1) is 14.4. The first-order chi connectivity index (χ1) is 5.70. The van der Waals surface area contributed by atoms with Crippen molar-refractivity contribution in [2.45, 2.75) is 13.8 Å². The highest BCUT2D eigenvalue weighted by molar-refractivity contribution is 5.85. The second-order valence-electron chi connectivity index (χ2n) is 2.71. The van der Waals surface area contributed by atoms with Gasteiger partial charge in [-0.2, -0.15) is 20.8 Å². The van der Waals surface area contributed by atoms with Crippen LogP contribution < -0.4 is 0 Å². The summed E-state index contributed by atoms with van der Waals surface area (Å²) >= 11 is 0. The molecule has 72 valence electrons. The molecule has 0 radical (unpaired) electrons. The third-order valence-corrected chi connectivity index (χ3v) is 1.25. The molecule has 0 amide bonds. The molecule has 0 spiro atoms. The Bertz CT molecular complexity index is 201. The fourth-order valence-electron chi connectivity index (χ4n) is 0.442. The summed E-state index contributed by atoms with van der Waals surface area (Å²) in [6.45, 7) is 4.42. The largest absolute Gasteiger partial charge is 0.198 e. The lowest BCUT2D eigenvalue weighted by Gasteiger charge is -1.95. The molecule has 4 nitrogen and oxygen atoms in total. The summed E-state index contributed by atoms with van der Waals surface area (Å²) in [5.41, 5.74) is 0. The van der Waals surface area contributed by atoms with Gasteiger partial charge in [-0.15, -0.1) is 12.4 Å². The van der Waals surface area contributed by atoms with E-state index in [9.17, 15) is 0 Å². The molecule has 0 aromatic heterocycles. The van der Waals surface area contributed by atoms with E-state index in [1.807, 2.05) is 12.1 Å². The number of nitriles is 2. The molecule has 0 fully saturated rings. The molecule has 0 aromatic rings. The third-order valence-electron chi connectivity index (χ3n) is 1.25. The number of rotatable bonds is 4. The van der Waals surface area contributed by atoms with E-state index in [1.54, 1.807) is 13.8 Å². The molecular formula is C8H13ClN4. The Labute approximate surface area is 84.7 Å². The van der Waals surface area contributed by atoms with Gasteiger partial charge < -0.3 is 0 Å². The minimum absolute atomic E-state index is 0. The van der Waals surface area contributed by atoms with E-state index < -0.39 is 0 Å². The van der Waals surface area contributed by atoms with Gasteiger partial charge in [0.25, 0.3) is 0 Å². The first-order valence-electron chi connectivity index (χ1n) is 3.83. The van der Waals surface area contributed by atoms with Crippen LogP contribution in [-0.4, -0.2) is 13.1 Å². The third kappa shape index (κ3) is 8.78. The zero-order valence-corrected chi connectivity index (χ0v) is 8.58. The monoisotopic (exact) mass is 200 g/mol. The highest BCUT2D eigenvalue weighted by Gasteiger charge is 1.97. The van der Waals surface area contributed by atoms with Crippen molar-refractivity contribution in [3.05, 3.63) is 0 Å². The van der Waals surface area contributed by atoms with E-state index in [-0.39, 0.29) is 24.2 Å². The van der Waals surface area contributed by atoms with Gasteiger partial charge in [-0.05, 0) is 13.8 Å².